The molecule has 0 N–H and O–H groups in total. The van der Waals surface area contributed by atoms with Crippen LogP contribution in [0.4, 0.5) is 0 Å². The van der Waals surface area contributed by atoms with Gasteiger partial charge in [0.2, 0.25) is 0 Å². The van der Waals surface area contributed by atoms with Gasteiger partial charge in [-0.1, -0.05) is 186 Å². The summed E-state index contributed by atoms with van der Waals surface area (Å²) in [5, 5.41) is 3.05. The van der Waals surface area contributed by atoms with E-state index in [9.17, 15) is 0 Å². The first kappa shape index (κ1) is 33.2. The van der Waals surface area contributed by atoms with E-state index in [1.54, 1.807) is 0 Å². The maximum Gasteiger partial charge on any atom is 0.114 e. The van der Waals surface area contributed by atoms with Gasteiger partial charge < -0.3 is 0 Å². The smallest absolute Gasteiger partial charge is 0.0622 e. The van der Waals surface area contributed by atoms with Gasteiger partial charge in [0.1, 0.15) is 8.07 Å². The van der Waals surface area contributed by atoms with E-state index < -0.39 is 8.07 Å². The zero-order chi connectivity index (χ0) is 35.3. The molecule has 1 heteroatoms. The maximum atomic E-state index is 2.62. The normalized spacial score (nSPS) is 14.1. The van der Waals surface area contributed by atoms with Crippen molar-refractivity contribution in [2.45, 2.75) is 52.6 Å². The molecular formula is C50H46Si. The van der Waals surface area contributed by atoms with Crippen molar-refractivity contribution < 1.29 is 0 Å². The van der Waals surface area contributed by atoms with Crippen molar-refractivity contribution in [1.29, 1.82) is 0 Å². The predicted molar refractivity (Wildman–Crippen MR) is 223 cm³/mol. The van der Waals surface area contributed by atoms with Crippen molar-refractivity contribution in [3.63, 3.8) is 0 Å². The van der Waals surface area contributed by atoms with Gasteiger partial charge in [0.15, 0.2) is 0 Å². The second kappa shape index (κ2) is 13.3. The molecule has 0 bridgehead atoms. The van der Waals surface area contributed by atoms with Crippen LogP contribution in [0.5, 0.6) is 0 Å². The summed E-state index contributed by atoms with van der Waals surface area (Å²) < 4.78 is 0. The third kappa shape index (κ3) is 5.69. The van der Waals surface area contributed by atoms with E-state index in [-0.39, 0.29) is 0 Å². The Morgan fingerprint density at radius 2 is 0.725 bits per heavy atom. The molecule has 0 heterocycles. The van der Waals surface area contributed by atoms with Gasteiger partial charge in [-0.25, -0.2) is 0 Å². The number of hydrogen-bond acceptors (Lipinski definition) is 0. The van der Waals surface area contributed by atoms with Gasteiger partial charge in [-0.3, -0.25) is 0 Å². The van der Waals surface area contributed by atoms with Crippen LogP contribution in [-0.2, 0) is 0 Å². The van der Waals surface area contributed by atoms with E-state index in [2.05, 4.69) is 199 Å². The van der Waals surface area contributed by atoms with Crippen LogP contribution >= 0.6 is 0 Å². The largest absolute Gasteiger partial charge is 0.114 e. The van der Waals surface area contributed by atoms with Crippen molar-refractivity contribution >= 4 is 29.6 Å². The quantitative estimate of drug-likeness (QED) is 0.141. The molecule has 0 aliphatic heterocycles. The van der Waals surface area contributed by atoms with Crippen LogP contribution in [0.3, 0.4) is 0 Å². The van der Waals surface area contributed by atoms with Crippen molar-refractivity contribution in [2.75, 3.05) is 0 Å². The minimum atomic E-state index is -2.55. The molecule has 2 aliphatic rings. The minimum absolute atomic E-state index is 0.418. The lowest BCUT2D eigenvalue weighted by molar-refractivity contribution is 0.869. The summed E-state index contributed by atoms with van der Waals surface area (Å²) in [6.45, 7) is 14.5. The lowest BCUT2D eigenvalue weighted by atomic mass is 9.89. The molecule has 6 aromatic carbocycles. The molecule has 0 saturated heterocycles. The van der Waals surface area contributed by atoms with Crippen molar-refractivity contribution in [3.8, 4) is 22.3 Å². The average molecular weight is 675 g/mol. The topological polar surface area (TPSA) is 0 Å². The number of rotatable bonds is 8. The third-order valence-corrected chi connectivity index (χ3v) is 14.5. The van der Waals surface area contributed by atoms with Gasteiger partial charge >= 0.3 is 0 Å². The summed E-state index contributed by atoms with van der Waals surface area (Å²) in [6, 6.07) is 54.3. The fourth-order valence-electron chi connectivity index (χ4n) is 8.72. The van der Waals surface area contributed by atoms with E-state index in [1.165, 1.54) is 88.3 Å². The van der Waals surface area contributed by atoms with E-state index in [0.29, 0.717) is 11.8 Å². The number of hydrogen-bond donors (Lipinski definition) is 0. The summed E-state index contributed by atoms with van der Waals surface area (Å²) in [4.78, 5) is 0. The molecule has 250 valence electrons. The van der Waals surface area contributed by atoms with Crippen LogP contribution in [0.25, 0.3) is 43.8 Å². The van der Waals surface area contributed by atoms with E-state index in [0.717, 1.165) is 0 Å². The van der Waals surface area contributed by atoms with Crippen molar-refractivity contribution in [1.82, 2.24) is 0 Å². The molecule has 0 saturated carbocycles. The molecule has 0 nitrogen and oxygen atoms in total. The lowest BCUT2D eigenvalue weighted by Gasteiger charge is -2.33. The highest BCUT2D eigenvalue weighted by Crippen LogP contribution is 2.57. The van der Waals surface area contributed by atoms with E-state index in [4.69, 9.17) is 0 Å². The summed E-state index contributed by atoms with van der Waals surface area (Å²) >= 11 is 0. The second-order valence-corrected chi connectivity index (χ2v) is 19.5. The molecule has 2 radical (unpaired) electrons. The van der Waals surface area contributed by atoms with Gasteiger partial charge in [-0.05, 0) is 100 Å². The van der Waals surface area contributed by atoms with Crippen LogP contribution < -0.4 is 0 Å². The van der Waals surface area contributed by atoms with Gasteiger partial charge in [0.25, 0.3) is 0 Å². The first-order valence-corrected chi connectivity index (χ1v) is 21.5. The number of fused-ring (bicyclic) bond motifs is 2. The van der Waals surface area contributed by atoms with Crippen LogP contribution in [-0.4, -0.2) is 8.07 Å². The number of benzene rings is 6. The molecule has 0 spiro atoms. The number of allylic oxidation sites excluding steroid dienone is 2. The minimum Gasteiger partial charge on any atom is -0.0622 e. The lowest BCUT2D eigenvalue weighted by Crippen LogP contribution is -2.31. The molecule has 2 aliphatic carbocycles. The standard InChI is InChI=1S/C50H46Si/c1-33(2)39-25-13-15-27-41(39)43-29-17-23-37-31-45(35-19-9-7-10-20-35)49(47(37)43)51(5,6)50-46(36-21-11-8-12-22-36)32-38-24-18-30-44(48(38)50)42-28-16-14-26-40(42)34(3)4/h7-34H,1-6H3. The summed E-state index contributed by atoms with van der Waals surface area (Å²) in [5.74, 6) is 0.835. The van der Waals surface area contributed by atoms with Crippen molar-refractivity contribution in [3.05, 3.63) is 203 Å². The average Bonchev–Trinajstić information content (AvgIpc) is 3.76. The molecule has 0 amide bonds. The van der Waals surface area contributed by atoms with Crippen LogP contribution in [0.2, 0.25) is 13.1 Å². The third-order valence-electron chi connectivity index (χ3n) is 11.0. The first-order chi connectivity index (χ1) is 24.8. The SMILES string of the molecule is CC(C)c1ccccc1-c1cccc2c1C([Si](C)(C)C1=C(c3ccccc3)[CH]c3cccc(-c4ccccc4C(C)C)c31)=C(c1ccccc1)[CH]2. The van der Waals surface area contributed by atoms with Crippen LogP contribution in [0.1, 0.15) is 84.0 Å². The Morgan fingerprint density at radius 1 is 0.373 bits per heavy atom. The summed E-state index contributed by atoms with van der Waals surface area (Å²) in [5.41, 5.74) is 18.9. The molecule has 0 fully saturated rings. The Hall–Kier alpha value is -4.98. The van der Waals surface area contributed by atoms with Gasteiger partial charge in [0.05, 0.1) is 0 Å². The Morgan fingerprint density at radius 3 is 1.12 bits per heavy atom. The zero-order valence-electron chi connectivity index (χ0n) is 30.7. The summed E-state index contributed by atoms with van der Waals surface area (Å²) in [6.07, 6.45) is 4.97. The molecule has 8 rings (SSSR count). The van der Waals surface area contributed by atoms with Crippen LogP contribution in [0, 0.1) is 12.8 Å². The molecule has 0 atom stereocenters. The molecule has 6 aromatic rings. The van der Waals surface area contributed by atoms with Crippen molar-refractivity contribution in [2.24, 2.45) is 0 Å². The van der Waals surface area contributed by atoms with Gasteiger partial charge in [-0.15, -0.1) is 0 Å². The Bertz CT molecular complexity index is 2150. The highest BCUT2D eigenvalue weighted by atomic mass is 28.3. The summed E-state index contributed by atoms with van der Waals surface area (Å²) in [7, 11) is -2.55. The Kier molecular flexibility index (Phi) is 8.64. The highest BCUT2D eigenvalue weighted by molar-refractivity contribution is 7.11. The molecule has 0 unspecified atom stereocenters. The van der Waals surface area contributed by atoms with Gasteiger partial charge in [-0.2, -0.15) is 0 Å². The zero-order valence-corrected chi connectivity index (χ0v) is 31.7. The first-order valence-electron chi connectivity index (χ1n) is 18.5. The Balaban J connectivity index is 1.46. The Labute approximate surface area is 306 Å². The molecule has 51 heavy (non-hydrogen) atoms. The van der Waals surface area contributed by atoms with Crippen LogP contribution in [0.15, 0.2) is 146 Å². The predicted octanol–water partition coefficient (Wildman–Crippen LogP) is 13.7. The van der Waals surface area contributed by atoms with Gasteiger partial charge in [0, 0.05) is 12.8 Å². The maximum absolute atomic E-state index is 2.62. The second-order valence-electron chi connectivity index (χ2n) is 15.2. The fraction of sp³-hybridized carbons (Fsp3) is 0.160. The monoisotopic (exact) mass is 674 g/mol. The molecular weight excluding hydrogens is 629 g/mol. The highest BCUT2D eigenvalue weighted by Gasteiger charge is 2.44. The molecule has 0 aromatic heterocycles. The fourth-order valence-corrected chi connectivity index (χ4v) is 12.6. The van der Waals surface area contributed by atoms with E-state index >= 15 is 0 Å². The van der Waals surface area contributed by atoms with E-state index in [1.807, 2.05) is 0 Å².